The summed E-state index contributed by atoms with van der Waals surface area (Å²) in [6.45, 7) is 3.21. The Balaban J connectivity index is 1.57. The molecule has 0 saturated heterocycles. The Bertz CT molecular complexity index is 1180. The normalized spacial score (nSPS) is 11.5. The van der Waals surface area contributed by atoms with Crippen LogP contribution in [0.15, 0.2) is 55.1 Å². The number of unbranched alkanes of at least 4 members (excludes halogenated alkanes) is 1. The molecule has 1 aromatic carbocycles. The smallest absolute Gasteiger partial charge is 0.214 e. The molecule has 5 rings (SSSR count). The Labute approximate surface area is 165 Å². The number of nitrogens with zero attached hydrogens (tertiary/aromatic N) is 6. The van der Waals surface area contributed by atoms with Gasteiger partial charge in [0.2, 0.25) is 5.82 Å². The molecule has 0 aliphatic rings. The minimum absolute atomic E-state index is 0.648. The largest absolute Gasteiger partial charge is 0.340 e. The topological polar surface area (TPSA) is 77.2 Å². The summed E-state index contributed by atoms with van der Waals surface area (Å²) in [5, 5.41) is 14.4. The summed E-state index contributed by atoms with van der Waals surface area (Å²) in [6, 6.07) is 13.1. The van der Waals surface area contributed by atoms with Gasteiger partial charge in [-0.3, -0.25) is 0 Å². The monoisotopic (exact) mass is 389 g/mol. The molecule has 0 amide bonds. The lowest BCUT2D eigenvalue weighted by atomic mass is 10.1. The number of hydrogen-bond donors (Lipinski definition) is 1. The predicted octanol–water partition coefficient (Wildman–Crippen LogP) is 4.54. The number of tetrazole rings is 1. The van der Waals surface area contributed by atoms with E-state index in [1.54, 1.807) is 17.5 Å². The lowest BCUT2D eigenvalue weighted by Crippen LogP contribution is -1.99. The van der Waals surface area contributed by atoms with Gasteiger partial charge >= 0.3 is 0 Å². The second-order valence-corrected chi connectivity index (χ2v) is 7.73. The van der Waals surface area contributed by atoms with Crippen molar-refractivity contribution >= 4 is 21.6 Å². The van der Waals surface area contributed by atoms with E-state index in [1.165, 1.54) is 21.5 Å². The third kappa shape index (κ3) is 2.91. The van der Waals surface area contributed by atoms with Gasteiger partial charge in [0.25, 0.3) is 0 Å². The van der Waals surface area contributed by atoms with Crippen molar-refractivity contribution < 1.29 is 0 Å². The Morgan fingerprint density at radius 2 is 2.04 bits per heavy atom. The lowest BCUT2D eigenvalue weighted by Gasteiger charge is -2.11. The zero-order valence-electron chi connectivity index (χ0n) is 15.4. The second-order valence-electron chi connectivity index (χ2n) is 6.65. The summed E-state index contributed by atoms with van der Waals surface area (Å²) in [7, 11) is 0. The lowest BCUT2D eigenvalue weighted by molar-refractivity contribution is 0.655. The molecule has 0 aliphatic carbocycles. The van der Waals surface area contributed by atoms with Crippen molar-refractivity contribution in [2.45, 2.75) is 26.3 Å². The van der Waals surface area contributed by atoms with Crippen molar-refractivity contribution in [3.05, 3.63) is 55.1 Å². The van der Waals surface area contributed by atoms with Gasteiger partial charge in [-0.2, -0.15) is 5.21 Å². The van der Waals surface area contributed by atoms with Crippen LogP contribution in [-0.4, -0.2) is 34.7 Å². The standard InChI is InChI=1S/C20H19N7S/c1-2-3-9-27-16(14-4-6-15(7-5-14)26-10-8-21-13-26)11-18-17(27)12-19(28-18)20-22-24-25-23-20/h4-8,10-13H,2-3,9H2,1H3,(H,22,23,24,25). The van der Waals surface area contributed by atoms with Gasteiger partial charge < -0.3 is 9.13 Å². The van der Waals surface area contributed by atoms with Gasteiger partial charge in [0, 0.05) is 30.3 Å². The Kier molecular flexibility index (Phi) is 4.25. The first-order valence-electron chi connectivity index (χ1n) is 9.29. The summed E-state index contributed by atoms with van der Waals surface area (Å²) < 4.78 is 5.66. The van der Waals surface area contributed by atoms with Crippen LogP contribution in [0.25, 0.3) is 37.9 Å². The van der Waals surface area contributed by atoms with Crippen molar-refractivity contribution in [1.82, 2.24) is 34.7 Å². The minimum atomic E-state index is 0.648. The van der Waals surface area contributed by atoms with Crippen molar-refractivity contribution in [2.75, 3.05) is 0 Å². The van der Waals surface area contributed by atoms with E-state index in [0.717, 1.165) is 30.0 Å². The Hall–Kier alpha value is -3.26. The SMILES string of the molecule is CCCCn1c(-c2ccc(-n3ccnc3)cc2)cc2sc(-c3nn[nH]n3)cc21. The third-order valence-electron chi connectivity index (χ3n) is 4.86. The van der Waals surface area contributed by atoms with Crippen LogP contribution in [0, 0.1) is 0 Å². The zero-order valence-corrected chi connectivity index (χ0v) is 16.2. The van der Waals surface area contributed by atoms with E-state index in [-0.39, 0.29) is 0 Å². The van der Waals surface area contributed by atoms with Gasteiger partial charge in [-0.1, -0.05) is 25.5 Å². The minimum Gasteiger partial charge on any atom is -0.340 e. The van der Waals surface area contributed by atoms with Crippen LogP contribution in [0.5, 0.6) is 0 Å². The molecule has 0 radical (unpaired) electrons. The molecule has 0 unspecified atom stereocenters. The maximum Gasteiger partial charge on any atom is 0.214 e. The quantitative estimate of drug-likeness (QED) is 0.463. The second kappa shape index (κ2) is 7.05. The maximum absolute atomic E-state index is 4.12. The van der Waals surface area contributed by atoms with E-state index in [0.29, 0.717) is 5.82 Å². The van der Waals surface area contributed by atoms with Gasteiger partial charge in [0.05, 0.1) is 21.4 Å². The van der Waals surface area contributed by atoms with Crippen LogP contribution in [0.1, 0.15) is 19.8 Å². The highest BCUT2D eigenvalue weighted by Gasteiger charge is 2.16. The first kappa shape index (κ1) is 16.9. The van der Waals surface area contributed by atoms with Crippen LogP contribution >= 0.6 is 11.3 Å². The van der Waals surface area contributed by atoms with Gasteiger partial charge in [0.1, 0.15) is 0 Å². The van der Waals surface area contributed by atoms with Crippen LogP contribution < -0.4 is 0 Å². The van der Waals surface area contributed by atoms with E-state index in [9.17, 15) is 0 Å². The number of aromatic nitrogens is 7. The van der Waals surface area contributed by atoms with Crippen molar-refractivity contribution in [1.29, 1.82) is 0 Å². The van der Waals surface area contributed by atoms with Crippen molar-refractivity contribution in [2.24, 2.45) is 0 Å². The molecule has 5 aromatic rings. The molecule has 28 heavy (non-hydrogen) atoms. The number of H-pyrrole nitrogens is 1. The molecule has 0 aliphatic heterocycles. The molecule has 140 valence electrons. The van der Waals surface area contributed by atoms with E-state index in [4.69, 9.17) is 0 Å². The van der Waals surface area contributed by atoms with E-state index in [1.807, 2.05) is 17.1 Å². The maximum atomic E-state index is 4.12. The summed E-state index contributed by atoms with van der Waals surface area (Å²) in [5.41, 5.74) is 4.79. The molecule has 4 heterocycles. The molecule has 0 spiro atoms. The molecule has 0 saturated carbocycles. The molecule has 0 atom stereocenters. The van der Waals surface area contributed by atoms with E-state index >= 15 is 0 Å². The number of rotatable bonds is 6. The number of benzene rings is 1. The van der Waals surface area contributed by atoms with Crippen molar-refractivity contribution in [3.8, 4) is 27.6 Å². The summed E-state index contributed by atoms with van der Waals surface area (Å²) in [5.74, 6) is 0.648. The molecular formula is C20H19N7S. The average Bonchev–Trinajstić information content (AvgIpc) is 3.51. The Morgan fingerprint density at radius 3 is 2.75 bits per heavy atom. The highest BCUT2D eigenvalue weighted by Crippen LogP contribution is 2.37. The predicted molar refractivity (Wildman–Crippen MR) is 110 cm³/mol. The fourth-order valence-corrected chi connectivity index (χ4v) is 4.46. The van der Waals surface area contributed by atoms with Gasteiger partial charge in [-0.15, -0.1) is 21.5 Å². The number of aromatic amines is 1. The van der Waals surface area contributed by atoms with Gasteiger partial charge in [-0.05, 0) is 41.5 Å². The first-order valence-corrected chi connectivity index (χ1v) is 10.1. The fourth-order valence-electron chi connectivity index (χ4n) is 3.43. The zero-order chi connectivity index (χ0) is 18.9. The summed E-state index contributed by atoms with van der Waals surface area (Å²) in [6.07, 6.45) is 7.85. The molecular weight excluding hydrogens is 370 g/mol. The first-order chi connectivity index (χ1) is 13.8. The van der Waals surface area contributed by atoms with Gasteiger partial charge in [-0.25, -0.2) is 4.98 Å². The molecule has 0 bridgehead atoms. The average molecular weight is 389 g/mol. The van der Waals surface area contributed by atoms with Crippen LogP contribution in [0.4, 0.5) is 0 Å². The van der Waals surface area contributed by atoms with Crippen molar-refractivity contribution in [3.63, 3.8) is 0 Å². The number of aryl methyl sites for hydroxylation is 1. The third-order valence-corrected chi connectivity index (χ3v) is 5.92. The summed E-state index contributed by atoms with van der Waals surface area (Å²) in [4.78, 5) is 5.15. The molecule has 7 nitrogen and oxygen atoms in total. The fraction of sp³-hybridized carbons (Fsp3) is 0.200. The van der Waals surface area contributed by atoms with Crippen LogP contribution in [-0.2, 0) is 6.54 Å². The molecule has 4 aromatic heterocycles. The molecule has 1 N–H and O–H groups in total. The van der Waals surface area contributed by atoms with E-state index < -0.39 is 0 Å². The highest BCUT2D eigenvalue weighted by atomic mass is 32.1. The number of imidazole rings is 1. The summed E-state index contributed by atoms with van der Waals surface area (Å²) >= 11 is 1.70. The molecule has 8 heteroatoms. The Morgan fingerprint density at radius 1 is 1.14 bits per heavy atom. The molecule has 0 fully saturated rings. The number of nitrogens with one attached hydrogen (secondary N) is 1. The number of fused-ring (bicyclic) bond motifs is 1. The number of hydrogen-bond acceptors (Lipinski definition) is 5. The number of thiophene rings is 1. The van der Waals surface area contributed by atoms with Crippen LogP contribution in [0.3, 0.4) is 0 Å². The van der Waals surface area contributed by atoms with Crippen LogP contribution in [0.2, 0.25) is 0 Å². The van der Waals surface area contributed by atoms with Gasteiger partial charge in [0.15, 0.2) is 0 Å². The van der Waals surface area contributed by atoms with E-state index in [2.05, 4.69) is 73.5 Å². The highest BCUT2D eigenvalue weighted by molar-refractivity contribution is 7.22.